The molecule has 5 heteroatoms. The summed E-state index contributed by atoms with van der Waals surface area (Å²) < 4.78 is 0. The summed E-state index contributed by atoms with van der Waals surface area (Å²) in [7, 11) is 0. The second kappa shape index (κ2) is 6.99. The van der Waals surface area contributed by atoms with Gasteiger partial charge in [-0.1, -0.05) is 60.7 Å². The third-order valence-corrected chi connectivity index (χ3v) is 4.50. The quantitative estimate of drug-likeness (QED) is 0.646. The second-order valence-corrected chi connectivity index (χ2v) is 6.20. The SMILES string of the molecule is C[C@@H](O)[C@H]1C(=O)N(CC(=O)c2ccccc2)[C@H]1C(=O)c1ccccc1. The molecule has 1 fully saturated rings. The van der Waals surface area contributed by atoms with Crippen LogP contribution in [-0.2, 0) is 4.79 Å². The number of amides is 1. The van der Waals surface area contributed by atoms with Gasteiger partial charge in [-0.3, -0.25) is 14.4 Å². The van der Waals surface area contributed by atoms with Gasteiger partial charge in [0.1, 0.15) is 6.04 Å². The fourth-order valence-corrected chi connectivity index (χ4v) is 3.17. The number of aliphatic hydroxyl groups excluding tert-OH is 1. The number of hydrogen-bond donors (Lipinski definition) is 1. The van der Waals surface area contributed by atoms with Crippen LogP contribution < -0.4 is 0 Å². The van der Waals surface area contributed by atoms with Gasteiger partial charge in [0.2, 0.25) is 5.91 Å². The smallest absolute Gasteiger partial charge is 0.231 e. The summed E-state index contributed by atoms with van der Waals surface area (Å²) in [6.45, 7) is 1.32. The zero-order valence-corrected chi connectivity index (χ0v) is 13.8. The largest absolute Gasteiger partial charge is 0.392 e. The van der Waals surface area contributed by atoms with E-state index in [1.54, 1.807) is 60.7 Å². The van der Waals surface area contributed by atoms with Gasteiger partial charge in [0, 0.05) is 11.1 Å². The van der Waals surface area contributed by atoms with Crippen molar-refractivity contribution in [2.75, 3.05) is 6.54 Å². The summed E-state index contributed by atoms with van der Waals surface area (Å²) >= 11 is 0. The highest BCUT2D eigenvalue weighted by Crippen LogP contribution is 2.32. The first-order chi connectivity index (χ1) is 12.0. The Morgan fingerprint density at radius 3 is 2.04 bits per heavy atom. The van der Waals surface area contributed by atoms with Crippen molar-refractivity contribution in [2.45, 2.75) is 19.1 Å². The minimum Gasteiger partial charge on any atom is -0.392 e. The molecule has 128 valence electrons. The Morgan fingerprint density at radius 2 is 1.52 bits per heavy atom. The number of carbonyl (C=O) groups is 3. The number of β-lactam (4-membered cyclic amide) rings is 1. The van der Waals surface area contributed by atoms with Crippen molar-refractivity contribution in [3.63, 3.8) is 0 Å². The van der Waals surface area contributed by atoms with E-state index in [9.17, 15) is 19.5 Å². The van der Waals surface area contributed by atoms with E-state index in [0.717, 1.165) is 0 Å². The van der Waals surface area contributed by atoms with Crippen LogP contribution >= 0.6 is 0 Å². The van der Waals surface area contributed by atoms with Gasteiger partial charge in [-0.25, -0.2) is 0 Å². The van der Waals surface area contributed by atoms with Crippen LogP contribution in [0.3, 0.4) is 0 Å². The minimum absolute atomic E-state index is 0.171. The Morgan fingerprint density at radius 1 is 1.00 bits per heavy atom. The fourth-order valence-electron chi connectivity index (χ4n) is 3.17. The molecule has 0 aliphatic carbocycles. The molecule has 3 rings (SSSR count). The van der Waals surface area contributed by atoms with E-state index in [-0.39, 0.29) is 24.0 Å². The summed E-state index contributed by atoms with van der Waals surface area (Å²) in [6, 6.07) is 16.4. The first kappa shape index (κ1) is 17.0. The number of ketones is 2. The number of hydrogen-bond acceptors (Lipinski definition) is 4. The van der Waals surface area contributed by atoms with Crippen molar-refractivity contribution < 1.29 is 19.5 Å². The molecule has 2 aromatic carbocycles. The van der Waals surface area contributed by atoms with E-state index >= 15 is 0 Å². The van der Waals surface area contributed by atoms with Crippen LogP contribution in [-0.4, -0.2) is 46.2 Å². The Hall–Kier alpha value is -2.79. The molecule has 2 aromatic rings. The van der Waals surface area contributed by atoms with Gasteiger partial charge in [0.05, 0.1) is 18.6 Å². The van der Waals surface area contributed by atoms with Gasteiger partial charge in [0.15, 0.2) is 11.6 Å². The molecular weight excluding hydrogens is 318 g/mol. The zero-order valence-electron chi connectivity index (χ0n) is 13.8. The van der Waals surface area contributed by atoms with Crippen LogP contribution in [0.5, 0.6) is 0 Å². The van der Waals surface area contributed by atoms with Crippen molar-refractivity contribution in [3.05, 3.63) is 71.8 Å². The lowest BCUT2D eigenvalue weighted by Gasteiger charge is -2.47. The Balaban J connectivity index is 1.83. The molecule has 0 aromatic heterocycles. The van der Waals surface area contributed by atoms with Gasteiger partial charge < -0.3 is 10.0 Å². The van der Waals surface area contributed by atoms with Crippen LogP contribution in [0, 0.1) is 5.92 Å². The molecule has 0 saturated carbocycles. The first-order valence-electron chi connectivity index (χ1n) is 8.16. The minimum atomic E-state index is -0.951. The first-order valence-corrected chi connectivity index (χ1v) is 8.16. The average molecular weight is 337 g/mol. The molecule has 1 aliphatic rings. The highest BCUT2D eigenvalue weighted by Gasteiger charge is 2.53. The maximum absolute atomic E-state index is 12.8. The lowest BCUT2D eigenvalue weighted by Crippen LogP contribution is -2.68. The van der Waals surface area contributed by atoms with Crippen molar-refractivity contribution in [3.8, 4) is 0 Å². The third kappa shape index (κ3) is 3.23. The van der Waals surface area contributed by atoms with Gasteiger partial charge in [0.25, 0.3) is 0 Å². The van der Waals surface area contributed by atoms with Gasteiger partial charge in [-0.2, -0.15) is 0 Å². The summed E-state index contributed by atoms with van der Waals surface area (Å²) in [5, 5.41) is 9.89. The highest BCUT2D eigenvalue weighted by molar-refractivity contribution is 6.10. The Bertz CT molecular complexity index is 786. The Labute approximate surface area is 145 Å². The van der Waals surface area contributed by atoms with E-state index in [1.165, 1.54) is 11.8 Å². The number of benzene rings is 2. The maximum Gasteiger partial charge on any atom is 0.231 e. The summed E-state index contributed by atoms with van der Waals surface area (Å²) in [5.74, 6) is -1.67. The van der Waals surface area contributed by atoms with Gasteiger partial charge in [-0.05, 0) is 6.92 Å². The van der Waals surface area contributed by atoms with E-state index < -0.39 is 18.1 Å². The molecule has 5 nitrogen and oxygen atoms in total. The normalized spacial score (nSPS) is 20.7. The molecule has 1 amide bonds. The predicted octanol–water partition coefficient (Wildman–Crippen LogP) is 1.96. The standard InChI is InChI=1S/C20H19NO4/c1-13(22)17-18(19(24)15-10-6-3-7-11-15)21(20(17)25)12-16(23)14-8-4-2-5-9-14/h2-11,13,17-18,22H,12H2,1H3/t13-,17-,18-/m1/s1. The molecule has 3 atom stereocenters. The van der Waals surface area contributed by atoms with Crippen LogP contribution in [0.25, 0.3) is 0 Å². The predicted molar refractivity (Wildman–Crippen MR) is 92.2 cm³/mol. The average Bonchev–Trinajstić information content (AvgIpc) is 2.64. The molecule has 0 spiro atoms. The van der Waals surface area contributed by atoms with Crippen molar-refractivity contribution >= 4 is 17.5 Å². The van der Waals surface area contributed by atoms with Crippen LogP contribution in [0.15, 0.2) is 60.7 Å². The van der Waals surface area contributed by atoms with Crippen LogP contribution in [0.2, 0.25) is 0 Å². The number of aliphatic hydroxyl groups is 1. The fraction of sp³-hybridized carbons (Fsp3) is 0.250. The van der Waals surface area contributed by atoms with Gasteiger partial charge in [-0.15, -0.1) is 0 Å². The number of likely N-dealkylation sites (tertiary alicyclic amines) is 1. The van der Waals surface area contributed by atoms with E-state index in [2.05, 4.69) is 0 Å². The summed E-state index contributed by atoms with van der Waals surface area (Å²) in [6.07, 6.45) is -0.951. The van der Waals surface area contributed by atoms with Crippen LogP contribution in [0.4, 0.5) is 0 Å². The Kier molecular flexibility index (Phi) is 4.76. The molecule has 1 saturated heterocycles. The lowest BCUT2D eigenvalue weighted by molar-refractivity contribution is -0.158. The maximum atomic E-state index is 12.8. The molecule has 1 heterocycles. The van der Waals surface area contributed by atoms with Crippen molar-refractivity contribution in [1.82, 2.24) is 4.90 Å². The summed E-state index contributed by atoms with van der Waals surface area (Å²) in [5.41, 5.74) is 0.949. The topological polar surface area (TPSA) is 74.7 Å². The molecule has 0 radical (unpaired) electrons. The molecule has 0 unspecified atom stereocenters. The number of nitrogens with zero attached hydrogens (tertiary/aromatic N) is 1. The molecule has 1 N–H and O–H groups in total. The monoisotopic (exact) mass is 337 g/mol. The molecule has 25 heavy (non-hydrogen) atoms. The highest BCUT2D eigenvalue weighted by atomic mass is 16.3. The van der Waals surface area contributed by atoms with Crippen LogP contribution in [0.1, 0.15) is 27.6 Å². The van der Waals surface area contributed by atoms with Crippen molar-refractivity contribution in [2.24, 2.45) is 5.92 Å². The van der Waals surface area contributed by atoms with Gasteiger partial charge >= 0.3 is 0 Å². The second-order valence-electron chi connectivity index (χ2n) is 6.20. The molecular formula is C20H19NO4. The number of carbonyl (C=O) groups excluding carboxylic acids is 3. The van der Waals surface area contributed by atoms with E-state index in [1.807, 2.05) is 0 Å². The van der Waals surface area contributed by atoms with E-state index in [0.29, 0.717) is 11.1 Å². The molecule has 0 bridgehead atoms. The van der Waals surface area contributed by atoms with Crippen molar-refractivity contribution in [1.29, 1.82) is 0 Å². The lowest BCUT2D eigenvalue weighted by atomic mass is 9.78. The number of rotatable bonds is 6. The molecule has 1 aliphatic heterocycles. The van der Waals surface area contributed by atoms with E-state index in [4.69, 9.17) is 0 Å². The third-order valence-electron chi connectivity index (χ3n) is 4.50. The number of Topliss-reactive ketones (excluding diaryl/α,β-unsaturated/α-hetero) is 2. The summed E-state index contributed by atoms with van der Waals surface area (Å²) in [4.78, 5) is 38.9. The zero-order chi connectivity index (χ0) is 18.0.